The fourth-order valence-corrected chi connectivity index (χ4v) is 3.47. The van der Waals surface area contributed by atoms with E-state index < -0.39 is 0 Å². The number of hydrogen-bond donors (Lipinski definition) is 0. The summed E-state index contributed by atoms with van der Waals surface area (Å²) in [5, 5.41) is 0. The Bertz CT molecular complexity index is 582. The first kappa shape index (κ1) is 15.0. The summed E-state index contributed by atoms with van der Waals surface area (Å²) >= 11 is 0. The highest BCUT2D eigenvalue weighted by atomic mass is 15.4. The summed E-state index contributed by atoms with van der Waals surface area (Å²) in [7, 11) is 0. The van der Waals surface area contributed by atoms with Gasteiger partial charge in [0, 0.05) is 24.5 Å². The first-order valence-electron chi connectivity index (χ1n) is 8.35. The number of nitrogens with zero attached hydrogens (tertiary/aromatic N) is 2. The van der Waals surface area contributed by atoms with Gasteiger partial charge in [-0.2, -0.15) is 0 Å². The Morgan fingerprint density at radius 1 is 0.864 bits per heavy atom. The number of rotatable bonds is 4. The van der Waals surface area contributed by atoms with Crippen LogP contribution in [0.2, 0.25) is 0 Å². The normalized spacial score (nSPS) is 15.6. The molecule has 2 aromatic rings. The van der Waals surface area contributed by atoms with Crippen molar-refractivity contribution in [3.8, 4) is 0 Å². The van der Waals surface area contributed by atoms with E-state index in [0.717, 1.165) is 13.1 Å². The maximum absolute atomic E-state index is 2.57. The van der Waals surface area contributed by atoms with Crippen LogP contribution in [0.15, 0.2) is 48.5 Å². The zero-order valence-electron chi connectivity index (χ0n) is 13.9. The molecular formula is C20H26N2. The Morgan fingerprint density at radius 2 is 1.36 bits per heavy atom. The van der Waals surface area contributed by atoms with Crippen molar-refractivity contribution in [1.29, 1.82) is 0 Å². The third-order valence-electron chi connectivity index (χ3n) is 4.51. The van der Waals surface area contributed by atoms with E-state index in [0.29, 0.717) is 6.17 Å². The molecule has 2 aromatic carbocycles. The highest BCUT2D eigenvalue weighted by molar-refractivity contribution is 5.58. The van der Waals surface area contributed by atoms with E-state index >= 15 is 0 Å². The molecule has 2 nitrogen and oxygen atoms in total. The smallest absolute Gasteiger partial charge is 0.102 e. The van der Waals surface area contributed by atoms with Crippen LogP contribution in [0.4, 0.5) is 11.4 Å². The molecule has 1 aliphatic rings. The minimum Gasteiger partial charge on any atom is -0.349 e. The van der Waals surface area contributed by atoms with Crippen LogP contribution < -0.4 is 9.80 Å². The number of aryl methyl sites for hydroxylation is 2. The Hall–Kier alpha value is -1.96. The van der Waals surface area contributed by atoms with Crippen LogP contribution in [0.1, 0.15) is 30.9 Å². The van der Waals surface area contributed by atoms with Crippen molar-refractivity contribution < 1.29 is 0 Å². The summed E-state index contributed by atoms with van der Waals surface area (Å²) in [6, 6.07) is 17.8. The molecule has 1 saturated heterocycles. The molecule has 3 rings (SSSR count). The van der Waals surface area contributed by atoms with Crippen molar-refractivity contribution in [2.24, 2.45) is 0 Å². The Kier molecular flexibility index (Phi) is 4.37. The van der Waals surface area contributed by atoms with Gasteiger partial charge in [-0.15, -0.1) is 0 Å². The van der Waals surface area contributed by atoms with E-state index in [9.17, 15) is 0 Å². The van der Waals surface area contributed by atoms with Crippen LogP contribution >= 0.6 is 0 Å². The van der Waals surface area contributed by atoms with Crippen molar-refractivity contribution in [3.63, 3.8) is 0 Å². The molecule has 1 fully saturated rings. The maximum Gasteiger partial charge on any atom is 0.102 e. The topological polar surface area (TPSA) is 6.48 Å². The molecule has 0 radical (unpaired) electrons. The summed E-state index contributed by atoms with van der Waals surface area (Å²) in [4.78, 5) is 5.14. The van der Waals surface area contributed by atoms with Gasteiger partial charge in [0.25, 0.3) is 0 Å². The van der Waals surface area contributed by atoms with Gasteiger partial charge in [-0.3, -0.25) is 0 Å². The minimum atomic E-state index is 0.466. The van der Waals surface area contributed by atoms with Crippen LogP contribution in [0.3, 0.4) is 0 Å². The minimum absolute atomic E-state index is 0.466. The van der Waals surface area contributed by atoms with E-state index in [2.05, 4.69) is 79.1 Å². The van der Waals surface area contributed by atoms with Gasteiger partial charge in [-0.05, 0) is 55.7 Å². The molecule has 2 heteroatoms. The summed E-state index contributed by atoms with van der Waals surface area (Å²) in [6.45, 7) is 8.82. The van der Waals surface area contributed by atoms with E-state index in [4.69, 9.17) is 0 Å². The van der Waals surface area contributed by atoms with Crippen LogP contribution in [0, 0.1) is 13.8 Å². The van der Waals surface area contributed by atoms with Gasteiger partial charge in [-0.1, -0.05) is 37.6 Å². The zero-order valence-corrected chi connectivity index (χ0v) is 13.9. The lowest BCUT2D eigenvalue weighted by Gasteiger charge is -2.33. The van der Waals surface area contributed by atoms with Crippen LogP contribution in [-0.2, 0) is 0 Å². The summed E-state index contributed by atoms with van der Waals surface area (Å²) < 4.78 is 0. The number of anilines is 2. The predicted octanol–water partition coefficient (Wildman–Crippen LogP) is 4.76. The van der Waals surface area contributed by atoms with Crippen molar-refractivity contribution in [2.75, 3.05) is 22.9 Å². The fourth-order valence-electron chi connectivity index (χ4n) is 3.47. The van der Waals surface area contributed by atoms with Gasteiger partial charge >= 0.3 is 0 Å². The lowest BCUT2D eigenvalue weighted by atomic mass is 10.1. The molecule has 0 amide bonds. The third-order valence-corrected chi connectivity index (χ3v) is 4.51. The number of benzene rings is 2. The average molecular weight is 294 g/mol. The van der Waals surface area contributed by atoms with Gasteiger partial charge in [0.2, 0.25) is 0 Å². The molecule has 0 saturated carbocycles. The Labute approximate surface area is 134 Å². The molecule has 0 aromatic heterocycles. The van der Waals surface area contributed by atoms with Gasteiger partial charge < -0.3 is 9.80 Å². The molecule has 22 heavy (non-hydrogen) atoms. The second-order valence-electron chi connectivity index (χ2n) is 6.33. The summed E-state index contributed by atoms with van der Waals surface area (Å²) in [6.07, 6.45) is 2.87. The molecule has 0 bridgehead atoms. The first-order valence-corrected chi connectivity index (χ1v) is 8.35. The largest absolute Gasteiger partial charge is 0.349 e. The highest BCUT2D eigenvalue weighted by Gasteiger charge is 2.31. The van der Waals surface area contributed by atoms with Crippen LogP contribution in [-0.4, -0.2) is 19.3 Å². The molecule has 0 aliphatic carbocycles. The van der Waals surface area contributed by atoms with Gasteiger partial charge in [0.05, 0.1) is 0 Å². The quantitative estimate of drug-likeness (QED) is 0.802. The molecule has 0 spiro atoms. The van der Waals surface area contributed by atoms with Gasteiger partial charge in [0.1, 0.15) is 6.17 Å². The van der Waals surface area contributed by atoms with E-state index in [1.165, 1.54) is 35.3 Å². The van der Waals surface area contributed by atoms with Crippen molar-refractivity contribution in [1.82, 2.24) is 0 Å². The SMILES string of the molecule is CCCC1N(c2cccc(C)c2)CCN1c1cccc(C)c1. The standard InChI is InChI=1S/C20H26N2/c1-4-7-20-21(18-10-5-8-16(2)14-18)12-13-22(20)19-11-6-9-17(3)15-19/h5-6,8-11,14-15,20H,4,7,12-13H2,1-3H3. The summed E-state index contributed by atoms with van der Waals surface area (Å²) in [5.74, 6) is 0. The second kappa shape index (κ2) is 6.43. The molecule has 1 heterocycles. The van der Waals surface area contributed by atoms with Crippen LogP contribution in [0.25, 0.3) is 0 Å². The molecule has 0 unspecified atom stereocenters. The van der Waals surface area contributed by atoms with E-state index in [-0.39, 0.29) is 0 Å². The average Bonchev–Trinajstić information content (AvgIpc) is 2.91. The monoisotopic (exact) mass is 294 g/mol. The first-order chi connectivity index (χ1) is 10.7. The Balaban J connectivity index is 1.90. The predicted molar refractivity (Wildman–Crippen MR) is 95.7 cm³/mol. The maximum atomic E-state index is 2.57. The number of hydrogen-bond acceptors (Lipinski definition) is 2. The lowest BCUT2D eigenvalue weighted by Crippen LogP contribution is -2.39. The molecule has 0 atom stereocenters. The molecule has 116 valence electrons. The molecule has 1 aliphatic heterocycles. The zero-order chi connectivity index (χ0) is 15.5. The van der Waals surface area contributed by atoms with E-state index in [1.54, 1.807) is 0 Å². The van der Waals surface area contributed by atoms with Gasteiger partial charge in [0.15, 0.2) is 0 Å². The fraction of sp³-hybridized carbons (Fsp3) is 0.400. The van der Waals surface area contributed by atoms with Crippen molar-refractivity contribution in [2.45, 2.75) is 39.8 Å². The third kappa shape index (κ3) is 2.96. The van der Waals surface area contributed by atoms with Crippen LogP contribution in [0.5, 0.6) is 0 Å². The molecule has 0 N–H and O–H groups in total. The second-order valence-corrected chi connectivity index (χ2v) is 6.33. The van der Waals surface area contributed by atoms with Crippen molar-refractivity contribution in [3.05, 3.63) is 59.7 Å². The van der Waals surface area contributed by atoms with Crippen molar-refractivity contribution >= 4 is 11.4 Å². The lowest BCUT2D eigenvalue weighted by molar-refractivity contribution is 0.601. The van der Waals surface area contributed by atoms with Gasteiger partial charge in [-0.25, -0.2) is 0 Å². The van der Waals surface area contributed by atoms with E-state index in [1.807, 2.05) is 0 Å². The molecular weight excluding hydrogens is 268 g/mol. The Morgan fingerprint density at radius 3 is 1.77 bits per heavy atom. The highest BCUT2D eigenvalue weighted by Crippen LogP contribution is 2.31. The summed E-state index contributed by atoms with van der Waals surface area (Å²) in [5.41, 5.74) is 5.38.